The molecule has 3 aromatic rings. The Morgan fingerprint density at radius 3 is 2.71 bits per heavy atom. The predicted octanol–water partition coefficient (Wildman–Crippen LogP) is 3.68. The third-order valence-corrected chi connectivity index (χ3v) is 3.81. The molecule has 0 fully saturated rings. The molecule has 1 aromatic carbocycles. The van der Waals surface area contributed by atoms with E-state index < -0.39 is 0 Å². The number of hydrogen-bond donors (Lipinski definition) is 0. The third kappa shape index (κ3) is 2.73. The van der Waals surface area contributed by atoms with E-state index in [0.29, 0.717) is 12.2 Å². The number of aromatic nitrogens is 3. The number of nitrogens with zero attached hydrogens (tertiary/aromatic N) is 5. The van der Waals surface area contributed by atoms with Gasteiger partial charge in [-0.3, -0.25) is 9.38 Å². The van der Waals surface area contributed by atoms with Gasteiger partial charge >= 0.3 is 0 Å². The molecule has 0 saturated heterocycles. The molecule has 0 radical (unpaired) electrons. The highest BCUT2D eigenvalue weighted by Gasteiger charge is 2.06. The van der Waals surface area contributed by atoms with Crippen LogP contribution < -0.4 is 4.90 Å². The SMILES string of the molecule is [C-]#[N+]c1ccc(N(C)Cc2cn3c(Br)cnc3cn2)cc1. The fraction of sp³-hybridized carbons (Fsp3) is 0.133. The monoisotopic (exact) mass is 341 g/mol. The minimum Gasteiger partial charge on any atom is -0.369 e. The number of anilines is 1. The molecule has 3 rings (SSSR count). The number of benzene rings is 1. The van der Waals surface area contributed by atoms with Crippen molar-refractivity contribution in [1.29, 1.82) is 0 Å². The van der Waals surface area contributed by atoms with Crippen LogP contribution >= 0.6 is 15.9 Å². The second-order valence-electron chi connectivity index (χ2n) is 4.67. The van der Waals surface area contributed by atoms with Crippen molar-refractivity contribution in [2.24, 2.45) is 0 Å². The van der Waals surface area contributed by atoms with Gasteiger partial charge in [-0.15, -0.1) is 0 Å². The van der Waals surface area contributed by atoms with Crippen LogP contribution in [0.1, 0.15) is 5.69 Å². The van der Waals surface area contributed by atoms with Gasteiger partial charge in [0.05, 0.1) is 31.2 Å². The van der Waals surface area contributed by atoms with Crippen molar-refractivity contribution in [3.8, 4) is 0 Å². The Labute approximate surface area is 130 Å². The van der Waals surface area contributed by atoms with Crippen LogP contribution in [0.4, 0.5) is 11.4 Å². The van der Waals surface area contributed by atoms with E-state index in [9.17, 15) is 0 Å². The number of rotatable bonds is 3. The first-order valence-corrected chi connectivity index (χ1v) is 7.13. The molecular weight excluding hydrogens is 330 g/mol. The van der Waals surface area contributed by atoms with Gasteiger partial charge in [-0.05, 0) is 28.1 Å². The minimum atomic E-state index is 0.647. The molecule has 0 bridgehead atoms. The topological polar surface area (TPSA) is 37.8 Å². The lowest BCUT2D eigenvalue weighted by Crippen LogP contribution is -2.17. The summed E-state index contributed by atoms with van der Waals surface area (Å²) < 4.78 is 2.86. The quantitative estimate of drug-likeness (QED) is 0.682. The van der Waals surface area contributed by atoms with Gasteiger partial charge in [0.1, 0.15) is 4.60 Å². The Balaban J connectivity index is 1.83. The zero-order valence-corrected chi connectivity index (χ0v) is 12.9. The van der Waals surface area contributed by atoms with Crippen LogP contribution in [0.25, 0.3) is 10.5 Å². The van der Waals surface area contributed by atoms with Crippen LogP contribution in [0.2, 0.25) is 0 Å². The molecule has 0 aliphatic carbocycles. The van der Waals surface area contributed by atoms with Crippen LogP contribution in [0.5, 0.6) is 0 Å². The van der Waals surface area contributed by atoms with E-state index in [1.807, 2.05) is 41.9 Å². The third-order valence-electron chi connectivity index (χ3n) is 3.22. The van der Waals surface area contributed by atoms with Gasteiger partial charge < -0.3 is 4.90 Å². The molecule has 6 heteroatoms. The lowest BCUT2D eigenvalue weighted by molar-refractivity contribution is 0.866. The van der Waals surface area contributed by atoms with E-state index in [1.54, 1.807) is 12.4 Å². The molecular formula is C15H12BrN5. The number of hydrogen-bond acceptors (Lipinski definition) is 3. The summed E-state index contributed by atoms with van der Waals surface area (Å²) in [5.74, 6) is 0. The number of fused-ring (bicyclic) bond motifs is 1. The summed E-state index contributed by atoms with van der Waals surface area (Å²) in [7, 11) is 2.00. The number of imidazole rings is 1. The molecule has 0 N–H and O–H groups in total. The summed E-state index contributed by atoms with van der Waals surface area (Å²) in [5.41, 5.74) is 3.45. The molecule has 2 aromatic heterocycles. The first-order chi connectivity index (χ1) is 10.2. The Kier molecular flexibility index (Phi) is 3.59. The van der Waals surface area contributed by atoms with E-state index in [1.165, 1.54) is 0 Å². The van der Waals surface area contributed by atoms with E-state index in [2.05, 4.69) is 35.6 Å². The molecule has 0 aliphatic rings. The van der Waals surface area contributed by atoms with E-state index in [0.717, 1.165) is 21.6 Å². The zero-order chi connectivity index (χ0) is 14.8. The summed E-state index contributed by atoms with van der Waals surface area (Å²) in [6, 6.07) is 7.53. The first-order valence-electron chi connectivity index (χ1n) is 6.33. The second kappa shape index (κ2) is 5.54. The van der Waals surface area contributed by atoms with E-state index in [-0.39, 0.29) is 0 Å². The molecule has 0 atom stereocenters. The van der Waals surface area contributed by atoms with Gasteiger partial charge in [-0.1, -0.05) is 12.1 Å². The normalized spacial score (nSPS) is 10.5. The summed E-state index contributed by atoms with van der Waals surface area (Å²) in [4.78, 5) is 14.1. The van der Waals surface area contributed by atoms with E-state index >= 15 is 0 Å². The van der Waals surface area contributed by atoms with Gasteiger partial charge in [0.15, 0.2) is 11.3 Å². The molecule has 5 nitrogen and oxygen atoms in total. The average Bonchev–Trinajstić information content (AvgIpc) is 2.88. The van der Waals surface area contributed by atoms with Gasteiger partial charge in [0.25, 0.3) is 0 Å². The Bertz CT molecular complexity index is 816. The second-order valence-corrected chi connectivity index (χ2v) is 5.48. The molecule has 0 amide bonds. The zero-order valence-electron chi connectivity index (χ0n) is 11.4. The van der Waals surface area contributed by atoms with Crippen molar-refractivity contribution in [2.45, 2.75) is 6.54 Å². The van der Waals surface area contributed by atoms with Crippen LogP contribution in [0, 0.1) is 6.57 Å². The number of halogens is 1. The predicted molar refractivity (Wildman–Crippen MR) is 85.5 cm³/mol. The highest BCUT2D eigenvalue weighted by atomic mass is 79.9. The Hall–Kier alpha value is -2.39. The lowest BCUT2D eigenvalue weighted by Gasteiger charge is -2.19. The standard InChI is InChI=1S/C15H12BrN5/c1-17-11-3-5-13(6-4-11)20(2)9-12-10-21-14(16)7-19-15(21)8-18-12/h3-8,10H,9H2,2H3. The van der Waals surface area contributed by atoms with Crippen LogP contribution in [-0.4, -0.2) is 21.4 Å². The molecule has 0 unspecified atom stereocenters. The van der Waals surface area contributed by atoms with Crippen molar-refractivity contribution in [3.63, 3.8) is 0 Å². The minimum absolute atomic E-state index is 0.647. The van der Waals surface area contributed by atoms with Gasteiger partial charge in [0, 0.05) is 18.9 Å². The molecule has 2 heterocycles. The summed E-state index contributed by atoms with van der Waals surface area (Å²) >= 11 is 3.46. The lowest BCUT2D eigenvalue weighted by atomic mass is 10.2. The van der Waals surface area contributed by atoms with Crippen LogP contribution in [0.15, 0.2) is 47.5 Å². The van der Waals surface area contributed by atoms with Gasteiger partial charge in [-0.25, -0.2) is 9.83 Å². The highest BCUT2D eigenvalue weighted by molar-refractivity contribution is 9.10. The molecule has 104 valence electrons. The Morgan fingerprint density at radius 1 is 1.24 bits per heavy atom. The smallest absolute Gasteiger partial charge is 0.187 e. The molecule has 0 aliphatic heterocycles. The average molecular weight is 342 g/mol. The van der Waals surface area contributed by atoms with Crippen molar-refractivity contribution in [3.05, 3.63) is 64.6 Å². The fourth-order valence-corrected chi connectivity index (χ4v) is 2.48. The van der Waals surface area contributed by atoms with Crippen molar-refractivity contribution in [2.75, 3.05) is 11.9 Å². The van der Waals surface area contributed by atoms with E-state index in [4.69, 9.17) is 6.57 Å². The molecule has 0 spiro atoms. The molecule has 0 saturated carbocycles. The van der Waals surface area contributed by atoms with Crippen molar-refractivity contribution >= 4 is 33.0 Å². The molecule has 21 heavy (non-hydrogen) atoms. The maximum Gasteiger partial charge on any atom is 0.187 e. The summed E-state index contributed by atoms with van der Waals surface area (Å²) in [6.07, 6.45) is 5.49. The van der Waals surface area contributed by atoms with Crippen molar-refractivity contribution < 1.29 is 0 Å². The maximum absolute atomic E-state index is 6.97. The van der Waals surface area contributed by atoms with Gasteiger partial charge in [0.2, 0.25) is 0 Å². The van der Waals surface area contributed by atoms with Crippen LogP contribution in [-0.2, 0) is 6.54 Å². The maximum atomic E-state index is 6.97. The Morgan fingerprint density at radius 2 is 2.00 bits per heavy atom. The van der Waals surface area contributed by atoms with Crippen molar-refractivity contribution in [1.82, 2.24) is 14.4 Å². The van der Waals surface area contributed by atoms with Crippen LogP contribution in [0.3, 0.4) is 0 Å². The summed E-state index contributed by atoms with van der Waals surface area (Å²) in [6.45, 7) is 7.65. The largest absolute Gasteiger partial charge is 0.369 e. The highest BCUT2D eigenvalue weighted by Crippen LogP contribution is 2.20. The summed E-state index contributed by atoms with van der Waals surface area (Å²) in [5, 5.41) is 0. The van der Waals surface area contributed by atoms with Gasteiger partial charge in [-0.2, -0.15) is 0 Å². The fourth-order valence-electron chi connectivity index (χ4n) is 2.10. The first kappa shape index (κ1) is 13.6.